The molecule has 2 aromatic carbocycles. The predicted octanol–water partition coefficient (Wildman–Crippen LogP) is 5.45. The zero-order chi connectivity index (χ0) is 45.4. The molecule has 3 amide bonds. The lowest BCUT2D eigenvalue weighted by molar-refractivity contribution is -0.133. The lowest BCUT2D eigenvalue weighted by Crippen LogP contribution is -2.49. The molecule has 14 nitrogen and oxygen atoms in total. The van der Waals surface area contributed by atoms with Crippen LogP contribution in [-0.2, 0) is 23.2 Å². The van der Waals surface area contributed by atoms with Gasteiger partial charge >= 0.3 is 0 Å². The second kappa shape index (κ2) is 18.7. The zero-order valence-corrected chi connectivity index (χ0v) is 36.8. The number of hydrogen-bond donors (Lipinski definition) is 3. The van der Waals surface area contributed by atoms with E-state index in [0.29, 0.717) is 82.4 Å². The summed E-state index contributed by atoms with van der Waals surface area (Å²) in [6, 6.07) is 14.0. The number of carbonyl (C=O) groups excluding carboxylic acids is 3. The number of nitrogens with zero attached hydrogens (tertiary/aromatic N) is 7. The Morgan fingerprint density at radius 3 is 2.20 bits per heavy atom. The summed E-state index contributed by atoms with van der Waals surface area (Å²) in [5.74, 6) is -2.74. The first-order chi connectivity index (χ1) is 31.4. The first kappa shape index (κ1) is 44.0. The molecule has 0 spiro atoms. The van der Waals surface area contributed by atoms with E-state index in [1.165, 1.54) is 18.2 Å². The molecule has 342 valence electrons. The number of aromatic nitrogens is 3. The molecule has 0 saturated carbocycles. The molecule has 0 radical (unpaired) electrons. The second-order valence-corrected chi connectivity index (χ2v) is 17.9. The molecule has 3 aromatic heterocycles. The van der Waals surface area contributed by atoms with Crippen molar-refractivity contribution >= 4 is 45.8 Å². The summed E-state index contributed by atoms with van der Waals surface area (Å²) in [4.78, 5) is 63.0. The molecule has 9 rings (SSSR count). The van der Waals surface area contributed by atoms with E-state index in [-0.39, 0.29) is 46.7 Å². The van der Waals surface area contributed by atoms with Gasteiger partial charge in [0, 0.05) is 125 Å². The van der Waals surface area contributed by atoms with E-state index in [4.69, 9.17) is 0 Å². The SMILES string of the molecule is CNc1ccn(-c2ccnc3c2cc(CN2CCC(c4c(F)cc(C(=O)N5CCC(CN6CCN(c7ccc(N[C@@H]8CCC(=O)NC8=O)cc7F)CC6)CC5)cc4F)CC2)n3C)c(=O)c1. The fourth-order valence-electron chi connectivity index (χ4n) is 10.1. The number of anilines is 3. The maximum Gasteiger partial charge on any atom is 0.257 e. The van der Waals surface area contributed by atoms with Gasteiger partial charge in [-0.3, -0.25) is 38.9 Å². The van der Waals surface area contributed by atoms with Crippen molar-refractivity contribution in [3.05, 3.63) is 112 Å². The number of benzene rings is 2. The number of aryl methyl sites for hydroxylation is 1. The minimum absolute atomic E-state index is 0.0340. The lowest BCUT2D eigenvalue weighted by Gasteiger charge is -2.39. The third kappa shape index (κ3) is 9.34. The topological polar surface area (TPSA) is 140 Å². The second-order valence-electron chi connectivity index (χ2n) is 17.9. The molecule has 0 bridgehead atoms. The van der Waals surface area contributed by atoms with Crippen LogP contribution in [0.25, 0.3) is 16.7 Å². The number of nitrogens with one attached hydrogen (secondary N) is 3. The largest absolute Gasteiger partial charge is 0.388 e. The number of hydrogen-bond acceptors (Lipinski definition) is 10. The molecule has 4 fully saturated rings. The van der Waals surface area contributed by atoms with Crippen LogP contribution in [0.2, 0.25) is 0 Å². The van der Waals surface area contributed by atoms with Gasteiger partial charge in [0.15, 0.2) is 0 Å². The Morgan fingerprint density at radius 1 is 0.785 bits per heavy atom. The number of fused-ring (bicyclic) bond motifs is 1. The van der Waals surface area contributed by atoms with Crippen LogP contribution in [0.5, 0.6) is 0 Å². The number of pyridine rings is 2. The van der Waals surface area contributed by atoms with Crippen molar-refractivity contribution in [1.29, 1.82) is 0 Å². The standard InChI is InChI=1S/C48H55F3N10O4/c1-52-33-12-18-61(44(63)26-33)41-7-13-53-46-36(41)27-35(56(46)2)29-57-14-10-31(11-15-57)45-38(50)23-32(24-39(45)51)48(65)60-16-8-30(9-17-60)28-58-19-21-59(22-20-58)42-5-3-34(25-37(42)49)54-40-4-6-43(62)55-47(40)64/h3,5,7,12-13,18,23-27,30-31,40,52,54H,4,6,8-11,14-17,19-22,28-29H2,1-2H3,(H,55,62,64)/t40-/m1/s1. The van der Waals surface area contributed by atoms with Crippen LogP contribution in [0, 0.1) is 23.4 Å². The van der Waals surface area contributed by atoms with Crippen molar-refractivity contribution in [3.63, 3.8) is 0 Å². The molecular formula is C48H55F3N10O4. The van der Waals surface area contributed by atoms with Crippen LogP contribution in [0.15, 0.2) is 71.8 Å². The van der Waals surface area contributed by atoms with Gasteiger partial charge in [-0.15, -0.1) is 0 Å². The molecule has 7 heterocycles. The van der Waals surface area contributed by atoms with Gasteiger partial charge in [-0.25, -0.2) is 18.2 Å². The fourth-order valence-corrected chi connectivity index (χ4v) is 10.1. The molecule has 4 aliphatic rings. The highest BCUT2D eigenvalue weighted by Gasteiger charge is 2.32. The molecule has 0 aliphatic carbocycles. The molecule has 5 aromatic rings. The van der Waals surface area contributed by atoms with E-state index in [0.717, 1.165) is 60.6 Å². The summed E-state index contributed by atoms with van der Waals surface area (Å²) in [5.41, 5.74) is 4.18. The van der Waals surface area contributed by atoms with Crippen molar-refractivity contribution in [2.45, 2.75) is 57.0 Å². The predicted molar refractivity (Wildman–Crippen MR) is 243 cm³/mol. The minimum atomic E-state index is -0.675. The third-order valence-corrected chi connectivity index (χ3v) is 13.8. The van der Waals surface area contributed by atoms with Crippen LogP contribution < -0.4 is 26.4 Å². The summed E-state index contributed by atoms with van der Waals surface area (Å²) in [7, 11) is 3.72. The summed E-state index contributed by atoms with van der Waals surface area (Å²) in [6.45, 7) is 6.61. The van der Waals surface area contributed by atoms with Gasteiger partial charge in [-0.05, 0) is 106 Å². The Bertz CT molecular complexity index is 2640. The van der Waals surface area contributed by atoms with Gasteiger partial charge in [0.2, 0.25) is 11.8 Å². The Balaban J connectivity index is 0.739. The average molecular weight is 893 g/mol. The van der Waals surface area contributed by atoms with Crippen LogP contribution in [0.4, 0.5) is 30.2 Å². The monoisotopic (exact) mass is 892 g/mol. The lowest BCUT2D eigenvalue weighted by atomic mass is 9.87. The molecular weight excluding hydrogens is 838 g/mol. The first-order valence-corrected chi connectivity index (χ1v) is 22.6. The molecule has 65 heavy (non-hydrogen) atoms. The molecule has 17 heteroatoms. The molecule has 4 aliphatic heterocycles. The number of amides is 3. The number of likely N-dealkylation sites (tertiary alicyclic amines) is 2. The summed E-state index contributed by atoms with van der Waals surface area (Å²) >= 11 is 0. The van der Waals surface area contributed by atoms with Crippen LogP contribution in [-0.4, -0.2) is 119 Å². The van der Waals surface area contributed by atoms with E-state index in [1.54, 1.807) is 47.1 Å². The first-order valence-electron chi connectivity index (χ1n) is 22.6. The van der Waals surface area contributed by atoms with Crippen molar-refractivity contribution < 1.29 is 27.6 Å². The van der Waals surface area contributed by atoms with Gasteiger partial charge in [-0.2, -0.15) is 0 Å². The maximum absolute atomic E-state index is 15.8. The molecule has 3 N–H and O–H groups in total. The Hall–Kier alpha value is -6.20. The third-order valence-electron chi connectivity index (χ3n) is 13.8. The molecule has 1 atom stereocenters. The number of piperidine rings is 3. The number of piperazine rings is 1. The smallest absolute Gasteiger partial charge is 0.257 e. The van der Waals surface area contributed by atoms with E-state index in [1.807, 2.05) is 28.6 Å². The van der Waals surface area contributed by atoms with Gasteiger partial charge < -0.3 is 25.0 Å². The van der Waals surface area contributed by atoms with Gasteiger partial charge in [0.1, 0.15) is 29.1 Å². The van der Waals surface area contributed by atoms with E-state index < -0.39 is 23.6 Å². The number of imide groups is 1. The van der Waals surface area contributed by atoms with Crippen molar-refractivity contribution in [3.8, 4) is 5.69 Å². The highest BCUT2D eigenvalue weighted by Crippen LogP contribution is 2.35. The van der Waals surface area contributed by atoms with Gasteiger partial charge in [0.05, 0.1) is 11.4 Å². The quantitative estimate of drug-likeness (QED) is 0.147. The van der Waals surface area contributed by atoms with Crippen molar-refractivity contribution in [2.75, 3.05) is 81.5 Å². The molecule has 4 saturated heterocycles. The number of rotatable bonds is 11. The minimum Gasteiger partial charge on any atom is -0.388 e. The summed E-state index contributed by atoms with van der Waals surface area (Å²) < 4.78 is 50.4. The Labute approximate surface area is 375 Å². The van der Waals surface area contributed by atoms with Gasteiger partial charge in [0.25, 0.3) is 11.5 Å². The summed E-state index contributed by atoms with van der Waals surface area (Å²) in [6.07, 6.45) is 6.75. The number of carbonyl (C=O) groups is 3. The molecule has 0 unspecified atom stereocenters. The van der Waals surface area contributed by atoms with Crippen molar-refractivity contribution in [2.24, 2.45) is 13.0 Å². The van der Waals surface area contributed by atoms with E-state index >= 15 is 13.2 Å². The van der Waals surface area contributed by atoms with Gasteiger partial charge in [-0.1, -0.05) is 0 Å². The van der Waals surface area contributed by atoms with Crippen LogP contribution in [0.3, 0.4) is 0 Å². The Morgan fingerprint density at radius 2 is 1.52 bits per heavy atom. The van der Waals surface area contributed by atoms with Crippen LogP contribution in [0.1, 0.15) is 66.1 Å². The highest BCUT2D eigenvalue weighted by atomic mass is 19.1. The Kier molecular flexibility index (Phi) is 12.7. The fraction of sp³-hybridized carbons (Fsp3) is 0.438. The number of halogens is 3. The zero-order valence-electron chi connectivity index (χ0n) is 36.8. The summed E-state index contributed by atoms with van der Waals surface area (Å²) in [5, 5.41) is 9.19. The maximum atomic E-state index is 15.8. The van der Waals surface area contributed by atoms with Crippen molar-refractivity contribution in [1.82, 2.24) is 34.1 Å². The average Bonchev–Trinajstić information content (AvgIpc) is 3.62. The van der Waals surface area contributed by atoms with E-state index in [2.05, 4.69) is 36.8 Å². The van der Waals surface area contributed by atoms with E-state index in [9.17, 15) is 19.2 Å². The van der Waals surface area contributed by atoms with Crippen LogP contribution >= 0.6 is 0 Å². The normalized spacial score (nSPS) is 19.5. The highest BCUT2D eigenvalue weighted by molar-refractivity contribution is 6.01.